The van der Waals surface area contributed by atoms with Gasteiger partial charge in [-0.25, -0.2) is 4.39 Å². The summed E-state index contributed by atoms with van der Waals surface area (Å²) in [6.45, 7) is 4.08. The molecule has 0 spiro atoms. The predicted octanol–water partition coefficient (Wildman–Crippen LogP) is 4.76. The van der Waals surface area contributed by atoms with Crippen LogP contribution < -0.4 is 5.32 Å². The summed E-state index contributed by atoms with van der Waals surface area (Å²) in [6.07, 6.45) is 1.10. The zero-order valence-corrected chi connectivity index (χ0v) is 13.7. The molecule has 2 unspecified atom stereocenters. The highest BCUT2D eigenvalue weighted by atomic mass is 79.9. The number of halogens is 2. The van der Waals surface area contributed by atoms with Crippen molar-refractivity contribution in [2.45, 2.75) is 25.2 Å². The zero-order chi connectivity index (χ0) is 14.8. The van der Waals surface area contributed by atoms with E-state index in [1.54, 1.807) is 12.1 Å². The average Bonchev–Trinajstić information content (AvgIpc) is 2.48. The fourth-order valence-corrected chi connectivity index (χ4v) is 4.01. The lowest BCUT2D eigenvalue weighted by Crippen LogP contribution is -2.34. The summed E-state index contributed by atoms with van der Waals surface area (Å²) in [5, 5.41) is 3.47. The normalized spacial score (nSPS) is 22.2. The molecular weight excluding hydrogens is 329 g/mol. The Morgan fingerprint density at radius 3 is 2.57 bits per heavy atom. The molecule has 0 saturated carbocycles. The smallest absolute Gasteiger partial charge is 0.123 e. The molecule has 110 valence electrons. The molecule has 1 aliphatic rings. The van der Waals surface area contributed by atoms with Crippen LogP contribution in [-0.2, 0) is 0 Å². The maximum Gasteiger partial charge on any atom is 0.123 e. The Balaban J connectivity index is 1.96. The van der Waals surface area contributed by atoms with Crippen LogP contribution in [0.5, 0.6) is 0 Å². The van der Waals surface area contributed by atoms with Crippen LogP contribution in [0.1, 0.15) is 34.9 Å². The lowest BCUT2D eigenvalue weighted by Gasteiger charge is -2.33. The highest BCUT2D eigenvalue weighted by Crippen LogP contribution is 2.40. The van der Waals surface area contributed by atoms with Crippen molar-refractivity contribution in [3.05, 3.63) is 69.4 Å². The van der Waals surface area contributed by atoms with E-state index in [4.69, 9.17) is 0 Å². The van der Waals surface area contributed by atoms with Gasteiger partial charge in [0.2, 0.25) is 0 Å². The summed E-state index contributed by atoms with van der Waals surface area (Å²) in [4.78, 5) is 0. The molecule has 3 heteroatoms. The number of rotatable bonds is 2. The first-order chi connectivity index (χ1) is 10.1. The van der Waals surface area contributed by atoms with Crippen molar-refractivity contribution in [1.29, 1.82) is 0 Å². The van der Waals surface area contributed by atoms with Crippen LogP contribution in [0.3, 0.4) is 0 Å². The zero-order valence-electron chi connectivity index (χ0n) is 12.1. The summed E-state index contributed by atoms with van der Waals surface area (Å²) >= 11 is 3.71. The second kappa shape index (κ2) is 6.29. The summed E-state index contributed by atoms with van der Waals surface area (Å²) in [5.41, 5.74) is 3.83. The van der Waals surface area contributed by atoms with E-state index in [1.165, 1.54) is 21.2 Å². The molecule has 21 heavy (non-hydrogen) atoms. The van der Waals surface area contributed by atoms with Crippen LogP contribution in [-0.4, -0.2) is 13.1 Å². The Morgan fingerprint density at radius 2 is 1.86 bits per heavy atom. The molecule has 1 N–H and O–H groups in total. The summed E-state index contributed by atoms with van der Waals surface area (Å²) < 4.78 is 14.3. The fourth-order valence-electron chi connectivity index (χ4n) is 3.22. The molecule has 1 saturated heterocycles. The van der Waals surface area contributed by atoms with Gasteiger partial charge in [0.15, 0.2) is 0 Å². The van der Waals surface area contributed by atoms with Crippen molar-refractivity contribution < 1.29 is 4.39 Å². The Hall–Kier alpha value is -1.19. The summed E-state index contributed by atoms with van der Waals surface area (Å²) in [6, 6.07) is 13.5. The Morgan fingerprint density at radius 1 is 1.10 bits per heavy atom. The van der Waals surface area contributed by atoms with E-state index in [0.29, 0.717) is 11.8 Å². The van der Waals surface area contributed by atoms with E-state index in [2.05, 4.69) is 46.4 Å². The molecule has 2 aromatic rings. The molecule has 1 fully saturated rings. The van der Waals surface area contributed by atoms with Crippen LogP contribution in [0.4, 0.5) is 4.39 Å². The van der Waals surface area contributed by atoms with Crippen molar-refractivity contribution in [1.82, 2.24) is 5.32 Å². The quantitative estimate of drug-likeness (QED) is 0.825. The van der Waals surface area contributed by atoms with E-state index in [9.17, 15) is 4.39 Å². The molecule has 1 aliphatic heterocycles. The first-order valence-corrected chi connectivity index (χ1v) is 8.16. The molecule has 0 radical (unpaired) electrons. The van der Waals surface area contributed by atoms with E-state index < -0.39 is 0 Å². The van der Waals surface area contributed by atoms with E-state index >= 15 is 0 Å². The van der Waals surface area contributed by atoms with Gasteiger partial charge in [0.1, 0.15) is 5.82 Å². The van der Waals surface area contributed by atoms with Crippen molar-refractivity contribution in [3.63, 3.8) is 0 Å². The Bertz CT molecular complexity index is 624. The van der Waals surface area contributed by atoms with Crippen LogP contribution in [0.2, 0.25) is 0 Å². The van der Waals surface area contributed by atoms with Crippen molar-refractivity contribution in [3.8, 4) is 0 Å². The number of nitrogens with one attached hydrogen (secondary N) is 1. The van der Waals surface area contributed by atoms with E-state index in [0.717, 1.165) is 19.5 Å². The average molecular weight is 348 g/mol. The van der Waals surface area contributed by atoms with Gasteiger partial charge in [-0.3, -0.25) is 0 Å². The monoisotopic (exact) mass is 347 g/mol. The van der Waals surface area contributed by atoms with Gasteiger partial charge in [-0.2, -0.15) is 0 Å². The number of piperidine rings is 1. The topological polar surface area (TPSA) is 12.0 Å². The first kappa shape index (κ1) is 14.7. The van der Waals surface area contributed by atoms with Gasteiger partial charge >= 0.3 is 0 Å². The van der Waals surface area contributed by atoms with E-state index in [-0.39, 0.29) is 5.82 Å². The molecule has 3 rings (SSSR count). The highest BCUT2D eigenvalue weighted by molar-refractivity contribution is 9.10. The van der Waals surface area contributed by atoms with Crippen molar-refractivity contribution in [2.75, 3.05) is 13.1 Å². The first-order valence-electron chi connectivity index (χ1n) is 7.37. The van der Waals surface area contributed by atoms with Gasteiger partial charge in [0, 0.05) is 16.9 Å². The number of aryl methyl sites for hydroxylation is 1. The molecule has 1 nitrogen and oxygen atoms in total. The molecule has 2 atom stereocenters. The molecule has 0 amide bonds. The maximum atomic E-state index is 13.2. The lowest BCUT2D eigenvalue weighted by molar-refractivity contribution is 0.403. The third kappa shape index (κ3) is 3.19. The van der Waals surface area contributed by atoms with Gasteiger partial charge in [-0.1, -0.05) is 40.2 Å². The minimum absolute atomic E-state index is 0.171. The van der Waals surface area contributed by atoms with Gasteiger partial charge in [-0.05, 0) is 60.7 Å². The van der Waals surface area contributed by atoms with Gasteiger partial charge < -0.3 is 5.32 Å². The highest BCUT2D eigenvalue weighted by Gasteiger charge is 2.28. The largest absolute Gasteiger partial charge is 0.316 e. The van der Waals surface area contributed by atoms with E-state index in [1.807, 2.05) is 12.1 Å². The molecule has 0 aromatic heterocycles. The molecule has 1 heterocycles. The Kier molecular flexibility index (Phi) is 4.41. The van der Waals surface area contributed by atoms with Gasteiger partial charge in [0.25, 0.3) is 0 Å². The van der Waals surface area contributed by atoms with Crippen LogP contribution in [0.25, 0.3) is 0 Å². The van der Waals surface area contributed by atoms with Crippen molar-refractivity contribution in [2.24, 2.45) is 0 Å². The second-order valence-corrected chi connectivity index (χ2v) is 6.64. The van der Waals surface area contributed by atoms with Crippen LogP contribution in [0, 0.1) is 12.7 Å². The van der Waals surface area contributed by atoms with Gasteiger partial charge in [0.05, 0.1) is 0 Å². The molecule has 0 bridgehead atoms. The number of hydrogen-bond acceptors (Lipinski definition) is 1. The van der Waals surface area contributed by atoms with Gasteiger partial charge in [-0.15, -0.1) is 0 Å². The summed E-state index contributed by atoms with van der Waals surface area (Å²) in [7, 11) is 0. The number of hydrogen-bond donors (Lipinski definition) is 1. The maximum absolute atomic E-state index is 13.2. The molecule has 2 aromatic carbocycles. The SMILES string of the molecule is Cc1ccc(C2CCNCC2c2ccc(F)cc2)c(Br)c1. The van der Waals surface area contributed by atoms with Crippen LogP contribution >= 0.6 is 15.9 Å². The fraction of sp³-hybridized carbons (Fsp3) is 0.333. The third-order valence-electron chi connectivity index (χ3n) is 4.34. The summed E-state index contributed by atoms with van der Waals surface area (Å²) in [5.74, 6) is 0.681. The second-order valence-electron chi connectivity index (χ2n) is 5.78. The predicted molar refractivity (Wildman–Crippen MR) is 88.2 cm³/mol. The lowest BCUT2D eigenvalue weighted by atomic mass is 9.77. The number of benzene rings is 2. The van der Waals surface area contributed by atoms with Crippen molar-refractivity contribution >= 4 is 15.9 Å². The molecule has 0 aliphatic carbocycles. The minimum atomic E-state index is -0.171. The van der Waals surface area contributed by atoms with Crippen LogP contribution in [0.15, 0.2) is 46.9 Å². The Labute approximate surface area is 133 Å². The molecular formula is C18H19BrFN. The third-order valence-corrected chi connectivity index (χ3v) is 5.02. The standard InChI is InChI=1S/C18H19BrFN/c1-12-2-7-16(18(19)10-12)15-8-9-21-11-17(15)13-3-5-14(20)6-4-13/h2-7,10,15,17,21H,8-9,11H2,1H3. The minimum Gasteiger partial charge on any atom is -0.316 e.